The van der Waals surface area contributed by atoms with Crippen LogP contribution in [0.4, 0.5) is 0 Å². The lowest BCUT2D eigenvalue weighted by Crippen LogP contribution is -2.49. The number of methoxy groups -OCH3 is 1. The molecule has 88 valence electrons. The zero-order valence-corrected chi connectivity index (χ0v) is 9.53. The van der Waals surface area contributed by atoms with Crippen LogP contribution in [-0.2, 0) is 11.3 Å². The molecule has 1 aromatic rings. The van der Waals surface area contributed by atoms with Gasteiger partial charge in [0.15, 0.2) is 0 Å². The Morgan fingerprint density at radius 1 is 1.31 bits per heavy atom. The average molecular weight is 222 g/mol. The SMILES string of the molecule is COc1ccccc1COC1CNCCN1. The van der Waals surface area contributed by atoms with Crippen molar-refractivity contribution in [2.45, 2.75) is 12.8 Å². The summed E-state index contributed by atoms with van der Waals surface area (Å²) in [6, 6.07) is 7.93. The van der Waals surface area contributed by atoms with Crippen LogP contribution in [0.2, 0.25) is 0 Å². The van der Waals surface area contributed by atoms with Crippen LogP contribution in [0.15, 0.2) is 24.3 Å². The van der Waals surface area contributed by atoms with Gasteiger partial charge in [-0.25, -0.2) is 0 Å². The molecule has 1 aliphatic heterocycles. The second-order valence-corrected chi connectivity index (χ2v) is 3.77. The largest absolute Gasteiger partial charge is 0.496 e. The first-order chi connectivity index (χ1) is 7.90. The number of hydrogen-bond donors (Lipinski definition) is 2. The first kappa shape index (κ1) is 11.4. The molecule has 4 nitrogen and oxygen atoms in total. The van der Waals surface area contributed by atoms with E-state index in [1.54, 1.807) is 7.11 Å². The first-order valence-corrected chi connectivity index (χ1v) is 5.58. The van der Waals surface area contributed by atoms with Crippen molar-refractivity contribution < 1.29 is 9.47 Å². The van der Waals surface area contributed by atoms with Crippen molar-refractivity contribution in [1.82, 2.24) is 10.6 Å². The Kier molecular flexibility index (Phi) is 4.16. The monoisotopic (exact) mass is 222 g/mol. The molecule has 0 aromatic heterocycles. The van der Waals surface area contributed by atoms with Gasteiger partial charge in [-0.05, 0) is 6.07 Å². The Labute approximate surface area is 95.9 Å². The standard InChI is InChI=1S/C12H18N2O2/c1-15-11-5-3-2-4-10(11)9-16-12-8-13-6-7-14-12/h2-5,12-14H,6-9H2,1H3. The summed E-state index contributed by atoms with van der Waals surface area (Å²) in [6.07, 6.45) is 0.0960. The molecule has 0 radical (unpaired) electrons. The summed E-state index contributed by atoms with van der Waals surface area (Å²) in [5.41, 5.74) is 1.08. The molecule has 1 unspecified atom stereocenters. The smallest absolute Gasteiger partial charge is 0.124 e. The molecule has 2 rings (SSSR count). The van der Waals surface area contributed by atoms with E-state index in [0.717, 1.165) is 30.9 Å². The number of hydrogen-bond acceptors (Lipinski definition) is 4. The fourth-order valence-electron chi connectivity index (χ4n) is 1.76. The van der Waals surface area contributed by atoms with Crippen molar-refractivity contribution in [3.63, 3.8) is 0 Å². The third kappa shape index (κ3) is 2.95. The van der Waals surface area contributed by atoms with E-state index in [0.29, 0.717) is 6.61 Å². The molecule has 0 spiro atoms. The van der Waals surface area contributed by atoms with Crippen molar-refractivity contribution in [2.75, 3.05) is 26.7 Å². The highest BCUT2D eigenvalue weighted by Gasteiger charge is 2.12. The average Bonchev–Trinajstić information content (AvgIpc) is 2.38. The Balaban J connectivity index is 1.88. The molecule has 4 heteroatoms. The predicted octanol–water partition coefficient (Wildman–Crippen LogP) is 0.731. The van der Waals surface area contributed by atoms with Gasteiger partial charge < -0.3 is 14.8 Å². The van der Waals surface area contributed by atoms with Gasteiger partial charge in [0.2, 0.25) is 0 Å². The zero-order chi connectivity index (χ0) is 11.2. The summed E-state index contributed by atoms with van der Waals surface area (Å²) in [7, 11) is 1.68. The van der Waals surface area contributed by atoms with Crippen LogP contribution in [0, 0.1) is 0 Å². The fourth-order valence-corrected chi connectivity index (χ4v) is 1.76. The van der Waals surface area contributed by atoms with E-state index in [1.807, 2.05) is 24.3 Å². The second kappa shape index (κ2) is 5.84. The normalized spacial score (nSPS) is 20.7. The van der Waals surface area contributed by atoms with Crippen LogP contribution in [-0.4, -0.2) is 33.0 Å². The maximum atomic E-state index is 5.76. The van der Waals surface area contributed by atoms with Crippen LogP contribution >= 0.6 is 0 Å². The van der Waals surface area contributed by atoms with E-state index < -0.39 is 0 Å². The molecule has 1 aromatic carbocycles. The summed E-state index contributed by atoms with van der Waals surface area (Å²) >= 11 is 0. The van der Waals surface area contributed by atoms with Gasteiger partial charge in [-0.15, -0.1) is 0 Å². The number of piperazine rings is 1. The molecular formula is C12H18N2O2. The van der Waals surface area contributed by atoms with Crippen molar-refractivity contribution >= 4 is 0 Å². The predicted molar refractivity (Wildman–Crippen MR) is 62.4 cm³/mol. The fraction of sp³-hybridized carbons (Fsp3) is 0.500. The molecule has 1 atom stereocenters. The van der Waals surface area contributed by atoms with Crippen molar-refractivity contribution in [1.29, 1.82) is 0 Å². The molecule has 16 heavy (non-hydrogen) atoms. The molecule has 0 bridgehead atoms. The molecule has 1 fully saturated rings. The Bertz CT molecular complexity index is 325. The third-order valence-corrected chi connectivity index (χ3v) is 2.64. The molecule has 0 aliphatic carbocycles. The van der Waals surface area contributed by atoms with Crippen molar-refractivity contribution in [3.8, 4) is 5.75 Å². The minimum absolute atomic E-state index is 0.0960. The number of rotatable bonds is 4. The molecule has 0 amide bonds. The maximum absolute atomic E-state index is 5.76. The molecule has 1 aliphatic rings. The third-order valence-electron chi connectivity index (χ3n) is 2.64. The van der Waals surface area contributed by atoms with Crippen LogP contribution < -0.4 is 15.4 Å². The topological polar surface area (TPSA) is 42.5 Å². The highest BCUT2D eigenvalue weighted by atomic mass is 16.5. The van der Waals surface area contributed by atoms with Gasteiger partial charge >= 0.3 is 0 Å². The Morgan fingerprint density at radius 2 is 2.19 bits per heavy atom. The van der Waals surface area contributed by atoms with Gasteiger partial charge in [0.05, 0.1) is 13.7 Å². The number of ether oxygens (including phenoxy) is 2. The number of nitrogens with one attached hydrogen (secondary N) is 2. The summed E-state index contributed by atoms with van der Waals surface area (Å²) in [6.45, 7) is 3.39. The van der Waals surface area contributed by atoms with Gasteiger partial charge in [0.25, 0.3) is 0 Å². The Hall–Kier alpha value is -1.10. The Morgan fingerprint density at radius 3 is 2.94 bits per heavy atom. The lowest BCUT2D eigenvalue weighted by molar-refractivity contribution is 0.00901. The van der Waals surface area contributed by atoms with E-state index in [4.69, 9.17) is 9.47 Å². The van der Waals surface area contributed by atoms with E-state index in [-0.39, 0.29) is 6.23 Å². The lowest BCUT2D eigenvalue weighted by atomic mass is 10.2. The van der Waals surface area contributed by atoms with Gasteiger partial charge in [-0.1, -0.05) is 18.2 Å². The van der Waals surface area contributed by atoms with Crippen LogP contribution in [0.5, 0.6) is 5.75 Å². The molecule has 0 saturated carbocycles. The van der Waals surface area contributed by atoms with Crippen molar-refractivity contribution in [3.05, 3.63) is 29.8 Å². The van der Waals surface area contributed by atoms with Crippen LogP contribution in [0.1, 0.15) is 5.56 Å². The van der Waals surface area contributed by atoms with Gasteiger partial charge in [-0.3, -0.25) is 5.32 Å². The first-order valence-electron chi connectivity index (χ1n) is 5.58. The van der Waals surface area contributed by atoms with Gasteiger partial charge in [-0.2, -0.15) is 0 Å². The van der Waals surface area contributed by atoms with Crippen LogP contribution in [0.3, 0.4) is 0 Å². The quantitative estimate of drug-likeness (QED) is 0.788. The summed E-state index contributed by atoms with van der Waals surface area (Å²) in [5, 5.41) is 6.58. The second-order valence-electron chi connectivity index (χ2n) is 3.77. The minimum atomic E-state index is 0.0960. The zero-order valence-electron chi connectivity index (χ0n) is 9.53. The molecule has 2 N–H and O–H groups in total. The summed E-state index contributed by atoms with van der Waals surface area (Å²) < 4.78 is 11.0. The molecule has 1 heterocycles. The van der Waals surface area contributed by atoms with Crippen molar-refractivity contribution in [2.24, 2.45) is 0 Å². The minimum Gasteiger partial charge on any atom is -0.496 e. The summed E-state index contributed by atoms with van der Waals surface area (Å²) in [4.78, 5) is 0. The maximum Gasteiger partial charge on any atom is 0.124 e. The van der Waals surface area contributed by atoms with E-state index >= 15 is 0 Å². The number of benzene rings is 1. The van der Waals surface area contributed by atoms with Gasteiger partial charge in [0.1, 0.15) is 12.0 Å². The number of para-hydroxylation sites is 1. The highest BCUT2D eigenvalue weighted by Crippen LogP contribution is 2.18. The van der Waals surface area contributed by atoms with Crippen LogP contribution in [0.25, 0.3) is 0 Å². The van der Waals surface area contributed by atoms with Gasteiger partial charge in [0, 0.05) is 25.2 Å². The van der Waals surface area contributed by atoms with E-state index in [9.17, 15) is 0 Å². The van der Waals surface area contributed by atoms with E-state index in [1.165, 1.54) is 0 Å². The van der Waals surface area contributed by atoms with E-state index in [2.05, 4.69) is 10.6 Å². The highest BCUT2D eigenvalue weighted by molar-refractivity contribution is 5.32. The lowest BCUT2D eigenvalue weighted by Gasteiger charge is -2.24. The molecule has 1 saturated heterocycles. The molecular weight excluding hydrogens is 204 g/mol. The summed E-state index contributed by atoms with van der Waals surface area (Å²) in [5.74, 6) is 0.881.